The molecule has 9 atom stereocenters. The van der Waals surface area contributed by atoms with E-state index in [9.17, 15) is 29.4 Å². The lowest BCUT2D eigenvalue weighted by Crippen LogP contribution is -2.62. The van der Waals surface area contributed by atoms with Crippen LogP contribution in [0.3, 0.4) is 0 Å². The number of thioether (sulfide) groups is 1. The second-order valence-electron chi connectivity index (χ2n) is 14.2. The molecule has 5 rings (SSSR count). The fourth-order valence-corrected chi connectivity index (χ4v) is 8.20. The standard InChI is InChI=1S/C43H51NO13S2/c1-25(47)51-23-35-41(53-27(3)49)42(54-28(4)50)40(52-26(2)48)34(55-35)20-37(58)44-21-29-10-16-33(17-11-29)43-56-36(24-59-19-18-45)38(31-8-6-5-7-9-31)39(57-43)32-14-12-30(22-46)13-15-32/h5-17,34-36,38-43,45-46H,18-24H2,1-4H3,(H,44,58)/t34-,35+,36+,38+,39-,40-,41+,42+,43?/m0/s1. The molecule has 0 spiro atoms. The van der Waals surface area contributed by atoms with E-state index in [2.05, 4.69) is 17.4 Å². The molecule has 0 amide bonds. The van der Waals surface area contributed by atoms with E-state index in [4.69, 9.17) is 45.4 Å². The Labute approximate surface area is 353 Å². The number of hydrogen-bond donors (Lipinski definition) is 3. The summed E-state index contributed by atoms with van der Waals surface area (Å²) in [4.78, 5) is 48.6. The summed E-state index contributed by atoms with van der Waals surface area (Å²) in [6, 6.07) is 25.5. The monoisotopic (exact) mass is 853 g/mol. The Kier molecular flexibility index (Phi) is 17.2. The molecule has 2 aliphatic rings. The minimum absolute atomic E-state index is 0.00911. The molecule has 318 valence electrons. The molecule has 0 aromatic heterocycles. The van der Waals surface area contributed by atoms with E-state index in [1.54, 1.807) is 11.8 Å². The molecule has 2 fully saturated rings. The van der Waals surface area contributed by atoms with Gasteiger partial charge in [-0.25, -0.2) is 0 Å². The number of benzene rings is 3. The number of carbonyl (C=O) groups excluding carboxylic acids is 4. The topological polar surface area (TPSA) is 185 Å². The maximum Gasteiger partial charge on any atom is 0.303 e. The van der Waals surface area contributed by atoms with E-state index in [-0.39, 0.29) is 44.4 Å². The summed E-state index contributed by atoms with van der Waals surface area (Å²) in [5.74, 6) is -1.68. The van der Waals surface area contributed by atoms with Gasteiger partial charge in [-0.15, -0.1) is 0 Å². The van der Waals surface area contributed by atoms with Gasteiger partial charge in [0.1, 0.15) is 18.8 Å². The number of esters is 4. The van der Waals surface area contributed by atoms with Crippen LogP contribution in [-0.4, -0.2) is 100 Å². The van der Waals surface area contributed by atoms with Crippen molar-refractivity contribution >= 4 is 52.8 Å². The van der Waals surface area contributed by atoms with Crippen molar-refractivity contribution < 1.29 is 62.5 Å². The van der Waals surface area contributed by atoms with E-state index < -0.39 is 60.7 Å². The predicted molar refractivity (Wildman–Crippen MR) is 220 cm³/mol. The van der Waals surface area contributed by atoms with Gasteiger partial charge in [-0.1, -0.05) is 91.1 Å². The normalized spacial score (nSPS) is 25.3. The molecule has 3 aromatic rings. The third-order valence-electron chi connectivity index (χ3n) is 9.70. The molecule has 2 saturated heterocycles. The third-order valence-corrected chi connectivity index (χ3v) is 11.1. The molecular weight excluding hydrogens is 803 g/mol. The first kappa shape index (κ1) is 45.7. The number of aliphatic hydroxyl groups excluding tert-OH is 2. The van der Waals surface area contributed by atoms with Crippen molar-refractivity contribution in [3.8, 4) is 0 Å². The van der Waals surface area contributed by atoms with Crippen molar-refractivity contribution in [1.82, 2.24) is 5.32 Å². The summed E-state index contributed by atoms with van der Waals surface area (Å²) < 4.78 is 41.4. The highest BCUT2D eigenvalue weighted by molar-refractivity contribution is 7.99. The lowest BCUT2D eigenvalue weighted by atomic mass is 9.84. The number of carbonyl (C=O) groups is 4. The smallest absolute Gasteiger partial charge is 0.303 e. The van der Waals surface area contributed by atoms with Crippen molar-refractivity contribution in [2.45, 2.75) is 102 Å². The van der Waals surface area contributed by atoms with Crippen LogP contribution in [0.25, 0.3) is 0 Å². The quantitative estimate of drug-likeness (QED) is 0.0729. The Bertz CT molecular complexity index is 1860. The SMILES string of the molecule is CC(=O)OC[C@H]1O[C@@H](CC(=S)NCc2ccc(C3O[C@H](CSCCO)[C@@H](c4ccccc4)[C@H](c4ccc(CO)cc4)O3)cc2)[C@H](OC(C)=O)[C@@H](OC(C)=O)[C@@H]1OC(C)=O. The van der Waals surface area contributed by atoms with E-state index in [1.165, 1.54) is 20.8 Å². The molecular formula is C43H51NO13S2. The van der Waals surface area contributed by atoms with Crippen LogP contribution in [0.5, 0.6) is 0 Å². The Morgan fingerprint density at radius 2 is 1.27 bits per heavy atom. The van der Waals surface area contributed by atoms with E-state index in [0.717, 1.165) is 34.7 Å². The summed E-state index contributed by atoms with van der Waals surface area (Å²) in [6.45, 7) is 4.69. The Morgan fingerprint density at radius 3 is 1.86 bits per heavy atom. The van der Waals surface area contributed by atoms with Crippen LogP contribution < -0.4 is 5.32 Å². The van der Waals surface area contributed by atoms with Crippen molar-refractivity contribution in [2.75, 3.05) is 24.7 Å². The molecule has 0 aliphatic carbocycles. The molecule has 0 radical (unpaired) electrons. The van der Waals surface area contributed by atoms with Gasteiger partial charge in [-0.05, 0) is 22.3 Å². The molecule has 2 aliphatic heterocycles. The highest BCUT2D eigenvalue weighted by Crippen LogP contribution is 2.47. The number of rotatable bonds is 17. The van der Waals surface area contributed by atoms with Gasteiger partial charge in [-0.2, -0.15) is 11.8 Å². The second kappa shape index (κ2) is 22.3. The Hall–Kier alpha value is -4.42. The van der Waals surface area contributed by atoms with Gasteiger partial charge in [0.05, 0.1) is 30.4 Å². The average Bonchev–Trinajstić information content (AvgIpc) is 3.21. The van der Waals surface area contributed by atoms with Crippen LogP contribution in [0.15, 0.2) is 78.9 Å². The molecule has 0 saturated carbocycles. The van der Waals surface area contributed by atoms with Crippen LogP contribution in [-0.2, 0) is 65.5 Å². The molecule has 3 N–H and O–H groups in total. The van der Waals surface area contributed by atoms with Crippen molar-refractivity contribution in [3.63, 3.8) is 0 Å². The molecule has 14 nitrogen and oxygen atoms in total. The van der Waals surface area contributed by atoms with Gasteiger partial charge in [-0.3, -0.25) is 19.2 Å². The maximum absolute atomic E-state index is 12.2. The fraction of sp³-hybridized carbons (Fsp3) is 0.465. The van der Waals surface area contributed by atoms with Gasteiger partial charge < -0.3 is 48.7 Å². The largest absolute Gasteiger partial charge is 0.463 e. The predicted octanol–water partition coefficient (Wildman–Crippen LogP) is 4.78. The first-order chi connectivity index (χ1) is 28.4. The summed E-state index contributed by atoms with van der Waals surface area (Å²) >= 11 is 7.32. The van der Waals surface area contributed by atoms with Gasteiger partial charge in [0.2, 0.25) is 0 Å². The zero-order chi connectivity index (χ0) is 42.5. The zero-order valence-corrected chi connectivity index (χ0v) is 35.0. The van der Waals surface area contributed by atoms with Crippen LogP contribution in [0, 0.1) is 0 Å². The minimum Gasteiger partial charge on any atom is -0.463 e. The van der Waals surface area contributed by atoms with Crippen molar-refractivity contribution in [2.24, 2.45) is 0 Å². The highest BCUT2D eigenvalue weighted by atomic mass is 32.2. The maximum atomic E-state index is 12.2. The number of thiocarbonyl (C=S) groups is 1. The van der Waals surface area contributed by atoms with Crippen LogP contribution in [0.1, 0.15) is 80.2 Å². The van der Waals surface area contributed by atoms with Crippen molar-refractivity contribution in [3.05, 3.63) is 107 Å². The van der Waals surface area contributed by atoms with E-state index >= 15 is 0 Å². The highest BCUT2D eigenvalue weighted by Gasteiger charge is 2.52. The lowest BCUT2D eigenvalue weighted by molar-refractivity contribution is -0.255. The molecule has 2 heterocycles. The first-order valence-electron chi connectivity index (χ1n) is 19.3. The number of ether oxygens (including phenoxy) is 7. The van der Waals surface area contributed by atoms with Gasteiger partial charge >= 0.3 is 23.9 Å². The van der Waals surface area contributed by atoms with E-state index in [1.807, 2.05) is 66.7 Å². The summed E-state index contributed by atoms with van der Waals surface area (Å²) in [7, 11) is 0. The minimum atomic E-state index is -1.28. The zero-order valence-electron chi connectivity index (χ0n) is 33.4. The molecule has 1 unspecified atom stereocenters. The number of nitrogens with one attached hydrogen (secondary N) is 1. The lowest BCUT2D eigenvalue weighted by Gasteiger charge is -2.44. The van der Waals surface area contributed by atoms with Crippen molar-refractivity contribution in [1.29, 1.82) is 0 Å². The average molecular weight is 854 g/mol. The van der Waals surface area contributed by atoms with E-state index in [0.29, 0.717) is 23.0 Å². The van der Waals surface area contributed by atoms with Gasteiger partial charge in [0.15, 0.2) is 24.6 Å². The van der Waals surface area contributed by atoms with Gasteiger partial charge in [0.25, 0.3) is 0 Å². The van der Waals surface area contributed by atoms with Crippen LogP contribution >= 0.6 is 24.0 Å². The fourth-order valence-electron chi connectivity index (χ4n) is 7.15. The molecule has 59 heavy (non-hydrogen) atoms. The second-order valence-corrected chi connectivity index (χ2v) is 15.8. The number of hydrogen-bond acceptors (Lipinski definition) is 15. The Balaban J connectivity index is 1.32. The van der Waals surface area contributed by atoms with Crippen LogP contribution in [0.2, 0.25) is 0 Å². The summed E-state index contributed by atoms with van der Waals surface area (Å²) in [5, 5.41) is 22.4. The van der Waals surface area contributed by atoms with Crippen LogP contribution in [0.4, 0.5) is 0 Å². The molecule has 16 heteroatoms. The molecule has 0 bridgehead atoms. The number of aliphatic hydroxyl groups is 2. The third kappa shape index (κ3) is 13.0. The van der Waals surface area contributed by atoms with Gasteiger partial charge in [0, 0.05) is 63.6 Å². The summed E-state index contributed by atoms with van der Waals surface area (Å²) in [5.41, 5.74) is 4.49. The Morgan fingerprint density at radius 1 is 0.678 bits per heavy atom. The first-order valence-corrected chi connectivity index (χ1v) is 20.8. The molecule has 3 aromatic carbocycles. The summed E-state index contributed by atoms with van der Waals surface area (Å²) in [6.07, 6.45) is -7.13.